The molecule has 2 aromatic rings. The number of halogens is 3. The molecule has 7 nitrogen and oxygen atoms in total. The fourth-order valence-electron chi connectivity index (χ4n) is 2.97. The molecule has 3 rings (SSSR count). The smallest absolute Gasteiger partial charge is 0.417 e. The molecule has 0 aliphatic carbocycles. The largest absolute Gasteiger partial charge is 0.543 e. The van der Waals surface area contributed by atoms with E-state index >= 15 is 0 Å². The molecule has 0 spiro atoms. The molecule has 0 atom stereocenters. The van der Waals surface area contributed by atoms with Gasteiger partial charge in [0.25, 0.3) is 0 Å². The van der Waals surface area contributed by atoms with E-state index in [9.17, 15) is 18.0 Å². The number of rotatable bonds is 4. The van der Waals surface area contributed by atoms with Crippen molar-refractivity contribution in [1.29, 1.82) is 0 Å². The van der Waals surface area contributed by atoms with E-state index < -0.39 is 26.2 Å². The molecule has 1 amide bonds. The average Bonchev–Trinajstić information content (AvgIpc) is 2.72. The lowest BCUT2D eigenvalue weighted by molar-refractivity contribution is -0.137. The quantitative estimate of drug-likeness (QED) is 0.558. The normalized spacial score (nSPS) is 15.4. The molecule has 2 aromatic heterocycles. The van der Waals surface area contributed by atoms with E-state index in [0.29, 0.717) is 37.7 Å². The third kappa shape index (κ3) is 6.15. The zero-order chi connectivity index (χ0) is 24.4. The van der Waals surface area contributed by atoms with Crippen molar-refractivity contribution < 1.29 is 27.1 Å². The van der Waals surface area contributed by atoms with Crippen LogP contribution in [0.15, 0.2) is 36.7 Å². The number of aromatic nitrogens is 2. The molecule has 0 unspecified atom stereocenters. The molecule has 180 valence electrons. The van der Waals surface area contributed by atoms with Gasteiger partial charge in [-0.1, -0.05) is 20.8 Å². The summed E-state index contributed by atoms with van der Waals surface area (Å²) in [4.78, 5) is 24.0. The van der Waals surface area contributed by atoms with E-state index in [1.807, 2.05) is 4.90 Å². The number of amides is 1. The van der Waals surface area contributed by atoms with Crippen molar-refractivity contribution in [2.24, 2.45) is 0 Å². The number of anilines is 1. The number of carbonyl (C=O) groups excluding carboxylic acids is 1. The highest BCUT2D eigenvalue weighted by atomic mass is 28.4. The lowest BCUT2D eigenvalue weighted by Gasteiger charge is -2.36. The van der Waals surface area contributed by atoms with Gasteiger partial charge in [0.15, 0.2) is 0 Å². The van der Waals surface area contributed by atoms with Crippen LogP contribution in [0.4, 0.5) is 23.8 Å². The van der Waals surface area contributed by atoms with E-state index in [-0.39, 0.29) is 10.9 Å². The molecule has 11 heteroatoms. The standard InChI is InChI=1S/C22H29F3N4O3Si/c1-21(2,3)33(4,5)32-17-8-9-26-19(14-17)31-20(30)29-12-10-28(11-13-29)18-7-6-16(15-27-18)22(23,24)25/h6-9,14-15H,10-13H2,1-5H3. The molecule has 1 aliphatic heterocycles. The van der Waals surface area contributed by atoms with Crippen LogP contribution in [-0.2, 0) is 6.18 Å². The second-order valence-electron chi connectivity index (χ2n) is 9.44. The number of piperazine rings is 1. The molecule has 0 aromatic carbocycles. The molecule has 1 fully saturated rings. The summed E-state index contributed by atoms with van der Waals surface area (Å²) < 4.78 is 49.8. The van der Waals surface area contributed by atoms with Crippen LogP contribution in [-0.4, -0.2) is 55.5 Å². The molecule has 33 heavy (non-hydrogen) atoms. The Bertz CT molecular complexity index is 970. The van der Waals surface area contributed by atoms with Crippen LogP contribution in [0.1, 0.15) is 26.3 Å². The van der Waals surface area contributed by atoms with Crippen molar-refractivity contribution in [3.63, 3.8) is 0 Å². The highest BCUT2D eigenvalue weighted by molar-refractivity contribution is 6.74. The van der Waals surface area contributed by atoms with Gasteiger partial charge < -0.3 is 19.0 Å². The molecule has 0 saturated carbocycles. The van der Waals surface area contributed by atoms with Gasteiger partial charge in [-0.25, -0.2) is 14.8 Å². The van der Waals surface area contributed by atoms with Crippen molar-refractivity contribution in [3.05, 3.63) is 42.2 Å². The second kappa shape index (κ2) is 9.20. The summed E-state index contributed by atoms with van der Waals surface area (Å²) in [5, 5.41) is 0.0225. The predicted octanol–water partition coefficient (Wildman–Crippen LogP) is 5.20. The van der Waals surface area contributed by atoms with E-state index in [2.05, 4.69) is 43.8 Å². The maximum atomic E-state index is 12.7. The number of ether oxygens (including phenoxy) is 1. The van der Waals surface area contributed by atoms with Gasteiger partial charge in [-0.05, 0) is 36.3 Å². The van der Waals surface area contributed by atoms with Gasteiger partial charge in [-0.3, -0.25) is 0 Å². The van der Waals surface area contributed by atoms with Gasteiger partial charge in [-0.2, -0.15) is 13.2 Å². The summed E-state index contributed by atoms with van der Waals surface area (Å²) in [7, 11) is -2.05. The van der Waals surface area contributed by atoms with E-state index in [1.165, 1.54) is 11.0 Å². The second-order valence-corrected chi connectivity index (χ2v) is 14.2. The zero-order valence-corrected chi connectivity index (χ0v) is 20.4. The SMILES string of the molecule is CC(C)(C)[Si](C)(C)Oc1ccnc(OC(=O)N2CCN(c3ccc(C(F)(F)F)cn3)CC2)c1. The Hall–Kier alpha value is -2.82. The first-order chi connectivity index (χ1) is 15.3. The Morgan fingerprint density at radius 1 is 1.03 bits per heavy atom. The minimum atomic E-state index is -4.42. The monoisotopic (exact) mass is 482 g/mol. The lowest BCUT2D eigenvalue weighted by Crippen LogP contribution is -2.50. The van der Waals surface area contributed by atoms with Gasteiger partial charge in [0.05, 0.1) is 5.56 Å². The summed E-state index contributed by atoms with van der Waals surface area (Å²) in [5.74, 6) is 1.20. The Balaban J connectivity index is 1.56. The predicted molar refractivity (Wildman–Crippen MR) is 121 cm³/mol. The van der Waals surface area contributed by atoms with Crippen LogP contribution in [0.2, 0.25) is 18.1 Å². The van der Waals surface area contributed by atoms with Crippen LogP contribution < -0.4 is 14.1 Å². The van der Waals surface area contributed by atoms with Crippen molar-refractivity contribution in [2.45, 2.75) is 45.1 Å². The summed E-state index contributed by atoms with van der Waals surface area (Å²) in [6.45, 7) is 12.2. The fourth-order valence-corrected chi connectivity index (χ4v) is 3.99. The van der Waals surface area contributed by atoms with Gasteiger partial charge >= 0.3 is 12.3 Å². The maximum Gasteiger partial charge on any atom is 0.417 e. The number of pyridine rings is 2. The van der Waals surface area contributed by atoms with E-state index in [1.54, 1.807) is 18.3 Å². The van der Waals surface area contributed by atoms with Crippen molar-refractivity contribution in [2.75, 3.05) is 31.1 Å². The molecule has 1 saturated heterocycles. The third-order valence-corrected chi connectivity index (χ3v) is 10.4. The topological polar surface area (TPSA) is 67.8 Å². The first-order valence-electron chi connectivity index (χ1n) is 10.7. The zero-order valence-electron chi connectivity index (χ0n) is 19.4. The maximum absolute atomic E-state index is 12.7. The van der Waals surface area contributed by atoms with Gasteiger partial charge in [0, 0.05) is 44.6 Å². The molecule has 1 aliphatic rings. The Kier molecular flexibility index (Phi) is 6.92. The number of hydrogen-bond acceptors (Lipinski definition) is 6. The minimum absolute atomic E-state index is 0.0225. The van der Waals surface area contributed by atoms with Crippen LogP contribution in [0.3, 0.4) is 0 Å². The van der Waals surface area contributed by atoms with Gasteiger partial charge in [0.1, 0.15) is 11.6 Å². The molecular weight excluding hydrogens is 453 g/mol. The fraction of sp³-hybridized carbons (Fsp3) is 0.500. The highest BCUT2D eigenvalue weighted by Gasteiger charge is 2.39. The van der Waals surface area contributed by atoms with Crippen molar-refractivity contribution >= 4 is 20.2 Å². The highest BCUT2D eigenvalue weighted by Crippen LogP contribution is 2.37. The van der Waals surface area contributed by atoms with E-state index in [4.69, 9.17) is 9.16 Å². The summed E-state index contributed by atoms with van der Waals surface area (Å²) in [6.07, 6.45) is -2.60. The molecule has 0 bridgehead atoms. The first-order valence-corrected chi connectivity index (χ1v) is 13.6. The number of carbonyl (C=O) groups is 1. The van der Waals surface area contributed by atoms with Crippen LogP contribution in [0.5, 0.6) is 11.6 Å². The van der Waals surface area contributed by atoms with Gasteiger partial charge in [-0.15, -0.1) is 0 Å². The molecular formula is C22H29F3N4O3Si. The number of alkyl halides is 3. The average molecular weight is 483 g/mol. The first kappa shape index (κ1) is 24.8. The molecule has 0 radical (unpaired) electrons. The summed E-state index contributed by atoms with van der Waals surface area (Å²) >= 11 is 0. The molecule has 3 heterocycles. The van der Waals surface area contributed by atoms with Gasteiger partial charge in [0.2, 0.25) is 14.2 Å². The summed E-state index contributed by atoms with van der Waals surface area (Å²) in [6, 6.07) is 5.70. The number of nitrogens with zero attached hydrogens (tertiary/aromatic N) is 4. The van der Waals surface area contributed by atoms with E-state index in [0.717, 1.165) is 12.3 Å². The van der Waals surface area contributed by atoms with Crippen molar-refractivity contribution in [3.8, 4) is 11.6 Å². The van der Waals surface area contributed by atoms with Crippen molar-refractivity contribution in [1.82, 2.24) is 14.9 Å². The third-order valence-electron chi connectivity index (χ3n) is 6.01. The van der Waals surface area contributed by atoms with Crippen LogP contribution in [0.25, 0.3) is 0 Å². The Morgan fingerprint density at radius 2 is 1.70 bits per heavy atom. The molecule has 0 N–H and O–H groups in total. The number of hydrogen-bond donors (Lipinski definition) is 0. The van der Waals surface area contributed by atoms with Crippen LogP contribution in [0, 0.1) is 0 Å². The summed E-state index contributed by atoms with van der Waals surface area (Å²) in [5.41, 5.74) is -0.791. The lowest BCUT2D eigenvalue weighted by atomic mass is 10.2. The Labute approximate surface area is 192 Å². The Morgan fingerprint density at radius 3 is 2.24 bits per heavy atom. The minimum Gasteiger partial charge on any atom is -0.543 e. The van der Waals surface area contributed by atoms with Crippen LogP contribution >= 0.6 is 0 Å².